The summed E-state index contributed by atoms with van der Waals surface area (Å²) >= 11 is 3.30. The third-order valence-electron chi connectivity index (χ3n) is 3.06. The van der Waals surface area contributed by atoms with E-state index in [2.05, 4.69) is 20.7 Å². The van der Waals surface area contributed by atoms with Crippen molar-refractivity contribution in [2.75, 3.05) is 13.2 Å². The predicted octanol–water partition coefficient (Wildman–Crippen LogP) is 3.34. The Labute approximate surface area is 138 Å². The number of carbonyl (C=O) groups is 2. The fraction of sp³-hybridized carbons (Fsp3) is 0.333. The van der Waals surface area contributed by atoms with Crippen LogP contribution in [0.15, 0.2) is 40.1 Å². The number of halogens is 4. The molecule has 0 radical (unpaired) electrons. The Bertz CT molecular complexity index is 635. The second-order valence-electron chi connectivity index (χ2n) is 4.83. The van der Waals surface area contributed by atoms with E-state index in [-0.39, 0.29) is 18.8 Å². The summed E-state index contributed by atoms with van der Waals surface area (Å²) in [5, 5.41) is 0. The van der Waals surface area contributed by atoms with Gasteiger partial charge in [0, 0.05) is 10.9 Å². The SMILES string of the molecule is O=C1COC(CCc2ccc(Br)cc2)=C1C(=O)OCC(F)(F)F. The van der Waals surface area contributed by atoms with Gasteiger partial charge in [-0.3, -0.25) is 4.79 Å². The van der Waals surface area contributed by atoms with Crippen molar-refractivity contribution < 1.29 is 32.2 Å². The summed E-state index contributed by atoms with van der Waals surface area (Å²) in [6.07, 6.45) is -3.94. The lowest BCUT2D eigenvalue weighted by molar-refractivity contribution is -0.183. The number of carbonyl (C=O) groups excluding carboxylic acids is 2. The van der Waals surface area contributed by atoms with E-state index in [1.807, 2.05) is 24.3 Å². The third-order valence-corrected chi connectivity index (χ3v) is 3.59. The summed E-state index contributed by atoms with van der Waals surface area (Å²) in [4.78, 5) is 23.3. The molecule has 23 heavy (non-hydrogen) atoms. The number of ketones is 1. The van der Waals surface area contributed by atoms with Gasteiger partial charge in [0.15, 0.2) is 13.2 Å². The average molecular weight is 393 g/mol. The van der Waals surface area contributed by atoms with E-state index in [1.54, 1.807) is 0 Å². The van der Waals surface area contributed by atoms with Crippen molar-refractivity contribution in [3.63, 3.8) is 0 Å². The number of benzene rings is 1. The molecule has 1 aliphatic heterocycles. The Kier molecular flexibility index (Phi) is 5.46. The molecule has 8 heteroatoms. The van der Waals surface area contributed by atoms with E-state index in [1.165, 1.54) is 0 Å². The molecular weight excluding hydrogens is 381 g/mol. The maximum atomic E-state index is 12.1. The highest BCUT2D eigenvalue weighted by molar-refractivity contribution is 9.10. The average Bonchev–Trinajstić information content (AvgIpc) is 2.84. The highest BCUT2D eigenvalue weighted by Crippen LogP contribution is 2.24. The zero-order valence-corrected chi connectivity index (χ0v) is 13.4. The summed E-state index contributed by atoms with van der Waals surface area (Å²) < 4.78 is 46.4. The number of rotatable bonds is 5. The number of ether oxygens (including phenoxy) is 2. The highest BCUT2D eigenvalue weighted by atomic mass is 79.9. The first-order valence-electron chi connectivity index (χ1n) is 6.64. The minimum absolute atomic E-state index is 0.0742. The van der Waals surface area contributed by atoms with E-state index < -0.39 is 30.1 Å². The molecule has 0 saturated heterocycles. The van der Waals surface area contributed by atoms with Crippen molar-refractivity contribution in [2.24, 2.45) is 0 Å². The fourth-order valence-electron chi connectivity index (χ4n) is 2.01. The number of allylic oxidation sites excluding steroid dienone is 1. The number of alkyl halides is 3. The van der Waals surface area contributed by atoms with Crippen LogP contribution in [-0.4, -0.2) is 31.1 Å². The Morgan fingerprint density at radius 3 is 2.48 bits per heavy atom. The van der Waals surface area contributed by atoms with Crippen molar-refractivity contribution in [1.29, 1.82) is 0 Å². The van der Waals surface area contributed by atoms with Crippen molar-refractivity contribution in [2.45, 2.75) is 19.0 Å². The molecule has 0 atom stereocenters. The quantitative estimate of drug-likeness (QED) is 0.569. The van der Waals surface area contributed by atoms with E-state index in [4.69, 9.17) is 4.74 Å². The van der Waals surface area contributed by atoms with Crippen LogP contribution in [0.1, 0.15) is 12.0 Å². The highest BCUT2D eigenvalue weighted by Gasteiger charge is 2.35. The van der Waals surface area contributed by atoms with Gasteiger partial charge < -0.3 is 9.47 Å². The van der Waals surface area contributed by atoms with Gasteiger partial charge in [-0.15, -0.1) is 0 Å². The van der Waals surface area contributed by atoms with Crippen LogP contribution >= 0.6 is 15.9 Å². The van der Waals surface area contributed by atoms with E-state index >= 15 is 0 Å². The van der Waals surface area contributed by atoms with Crippen LogP contribution in [0.25, 0.3) is 0 Å². The molecule has 0 aliphatic carbocycles. The number of Topliss-reactive ketones (excluding diaryl/α,β-unsaturated/α-hetero) is 1. The van der Waals surface area contributed by atoms with Crippen LogP contribution in [0.4, 0.5) is 13.2 Å². The van der Waals surface area contributed by atoms with Crippen LogP contribution in [0.3, 0.4) is 0 Å². The molecule has 0 spiro atoms. The minimum Gasteiger partial charge on any atom is -0.489 e. The van der Waals surface area contributed by atoms with E-state index in [0.29, 0.717) is 6.42 Å². The third kappa shape index (κ3) is 5.09. The maximum absolute atomic E-state index is 12.1. The van der Waals surface area contributed by atoms with Crippen LogP contribution in [-0.2, 0) is 25.5 Å². The molecule has 124 valence electrons. The Morgan fingerprint density at radius 2 is 1.87 bits per heavy atom. The van der Waals surface area contributed by atoms with Gasteiger partial charge in [0.05, 0.1) is 0 Å². The Morgan fingerprint density at radius 1 is 1.22 bits per heavy atom. The van der Waals surface area contributed by atoms with Crippen LogP contribution in [0, 0.1) is 0 Å². The van der Waals surface area contributed by atoms with Crippen LogP contribution in [0.5, 0.6) is 0 Å². The topological polar surface area (TPSA) is 52.6 Å². The fourth-order valence-corrected chi connectivity index (χ4v) is 2.27. The second kappa shape index (κ2) is 7.16. The largest absolute Gasteiger partial charge is 0.489 e. The number of hydrogen-bond acceptors (Lipinski definition) is 4. The van der Waals surface area contributed by atoms with Gasteiger partial charge in [0.2, 0.25) is 5.78 Å². The summed E-state index contributed by atoms with van der Waals surface area (Å²) in [7, 11) is 0. The van der Waals surface area contributed by atoms with Crippen molar-refractivity contribution in [3.05, 3.63) is 45.6 Å². The number of esters is 1. The molecule has 0 bridgehead atoms. The Balaban J connectivity index is 2.04. The molecular formula is C15H12BrF3O4. The molecule has 0 unspecified atom stereocenters. The van der Waals surface area contributed by atoms with Gasteiger partial charge in [-0.2, -0.15) is 13.2 Å². The smallest absolute Gasteiger partial charge is 0.422 e. The lowest BCUT2D eigenvalue weighted by Gasteiger charge is -2.08. The molecule has 2 rings (SSSR count). The van der Waals surface area contributed by atoms with Crippen LogP contribution in [0.2, 0.25) is 0 Å². The first-order valence-corrected chi connectivity index (χ1v) is 7.43. The lowest BCUT2D eigenvalue weighted by Crippen LogP contribution is -2.23. The van der Waals surface area contributed by atoms with Gasteiger partial charge in [-0.05, 0) is 24.1 Å². The molecule has 4 nitrogen and oxygen atoms in total. The molecule has 1 heterocycles. The van der Waals surface area contributed by atoms with Crippen molar-refractivity contribution in [1.82, 2.24) is 0 Å². The normalized spacial score (nSPS) is 14.9. The molecule has 0 N–H and O–H groups in total. The maximum Gasteiger partial charge on any atom is 0.422 e. The zero-order valence-electron chi connectivity index (χ0n) is 11.8. The Hall–Kier alpha value is -1.83. The first-order chi connectivity index (χ1) is 10.8. The van der Waals surface area contributed by atoms with Crippen LogP contribution < -0.4 is 0 Å². The van der Waals surface area contributed by atoms with Gasteiger partial charge in [-0.1, -0.05) is 28.1 Å². The molecule has 0 saturated carbocycles. The monoisotopic (exact) mass is 392 g/mol. The number of aryl methyl sites for hydroxylation is 1. The summed E-state index contributed by atoms with van der Waals surface area (Å²) in [6, 6.07) is 7.37. The molecule has 1 aliphatic rings. The van der Waals surface area contributed by atoms with Gasteiger partial charge in [0.1, 0.15) is 11.3 Å². The summed E-state index contributed by atoms with van der Waals surface area (Å²) in [5.41, 5.74) is 0.512. The molecule has 0 fully saturated rings. The summed E-state index contributed by atoms with van der Waals surface area (Å²) in [6.45, 7) is -2.09. The van der Waals surface area contributed by atoms with E-state index in [9.17, 15) is 22.8 Å². The lowest BCUT2D eigenvalue weighted by atomic mass is 10.1. The minimum atomic E-state index is -4.64. The first kappa shape index (κ1) is 17.5. The predicted molar refractivity (Wildman–Crippen MR) is 77.5 cm³/mol. The standard InChI is InChI=1S/C15H12BrF3O4/c16-10-4-1-9(2-5-10)3-6-12-13(11(20)7-22-12)14(21)23-8-15(17,18)19/h1-2,4-5H,3,6-8H2. The molecule has 1 aromatic carbocycles. The molecule has 1 aromatic rings. The van der Waals surface area contributed by atoms with Crippen molar-refractivity contribution in [3.8, 4) is 0 Å². The second-order valence-corrected chi connectivity index (χ2v) is 5.74. The zero-order chi connectivity index (χ0) is 17.0. The summed E-state index contributed by atoms with van der Waals surface area (Å²) in [5.74, 6) is -1.89. The molecule has 0 amide bonds. The van der Waals surface area contributed by atoms with Gasteiger partial charge in [0.25, 0.3) is 0 Å². The van der Waals surface area contributed by atoms with Gasteiger partial charge >= 0.3 is 12.1 Å². The van der Waals surface area contributed by atoms with Gasteiger partial charge in [-0.25, -0.2) is 4.79 Å². The van der Waals surface area contributed by atoms with Crippen molar-refractivity contribution >= 4 is 27.7 Å². The molecule has 0 aromatic heterocycles. The van der Waals surface area contributed by atoms with E-state index in [0.717, 1.165) is 10.0 Å². The number of hydrogen-bond donors (Lipinski definition) is 0.